The summed E-state index contributed by atoms with van der Waals surface area (Å²) < 4.78 is 36.9. The third-order valence-corrected chi connectivity index (χ3v) is 4.56. The van der Waals surface area contributed by atoms with Crippen LogP contribution in [-0.4, -0.2) is 43.2 Å². The van der Waals surface area contributed by atoms with Gasteiger partial charge in [-0.3, -0.25) is 4.90 Å². The maximum atomic E-state index is 12.3. The van der Waals surface area contributed by atoms with Gasteiger partial charge in [-0.1, -0.05) is 37.1 Å². The summed E-state index contributed by atoms with van der Waals surface area (Å²) in [5.41, 5.74) is 2.33. The molecule has 1 aliphatic heterocycles. The Morgan fingerprint density at radius 3 is 2.44 bits per heavy atom. The van der Waals surface area contributed by atoms with Gasteiger partial charge in [0, 0.05) is 19.6 Å². The molecule has 152 valence electrons. The first-order valence-corrected chi connectivity index (χ1v) is 9.85. The summed E-state index contributed by atoms with van der Waals surface area (Å²) in [6.45, 7) is 6.00. The number of benzene rings is 1. The normalized spacial score (nSPS) is 16.8. The van der Waals surface area contributed by atoms with E-state index in [9.17, 15) is 13.2 Å². The first-order chi connectivity index (χ1) is 13.0. The van der Waals surface area contributed by atoms with Crippen molar-refractivity contribution in [1.29, 1.82) is 0 Å². The van der Waals surface area contributed by atoms with Gasteiger partial charge in [-0.05, 0) is 44.0 Å². The topological polar surface area (TPSA) is 39.7 Å². The van der Waals surface area contributed by atoms with Crippen LogP contribution in [0.25, 0.3) is 0 Å². The lowest BCUT2D eigenvalue weighted by Gasteiger charge is -2.20. The number of hydrogen-bond acceptors (Lipinski definition) is 2. The third kappa shape index (κ3) is 9.13. The number of rotatable bonds is 7. The van der Waals surface area contributed by atoms with E-state index < -0.39 is 12.6 Å². The van der Waals surface area contributed by atoms with Crippen LogP contribution in [0.5, 0.6) is 0 Å². The Balaban J connectivity index is 1.90. The highest BCUT2D eigenvalue weighted by Gasteiger charge is 2.26. The number of nitrogens with one attached hydrogen (secondary N) is 2. The molecule has 7 heteroatoms. The molecule has 0 saturated carbocycles. The summed E-state index contributed by atoms with van der Waals surface area (Å²) in [4.78, 5) is 6.92. The minimum Gasteiger partial charge on any atom is -0.357 e. The van der Waals surface area contributed by atoms with E-state index in [1.165, 1.54) is 31.2 Å². The lowest BCUT2D eigenvalue weighted by molar-refractivity contribution is -0.132. The molecule has 2 N–H and O–H groups in total. The van der Waals surface area contributed by atoms with Crippen molar-refractivity contribution in [1.82, 2.24) is 15.5 Å². The molecule has 1 fully saturated rings. The second kappa shape index (κ2) is 11.2. The number of aliphatic imine (C=N–C) groups is 1. The molecule has 1 saturated heterocycles. The molecule has 0 bridgehead atoms. The zero-order valence-corrected chi connectivity index (χ0v) is 16.1. The van der Waals surface area contributed by atoms with Gasteiger partial charge in [-0.25, -0.2) is 4.99 Å². The molecule has 1 heterocycles. The first kappa shape index (κ1) is 21.5. The van der Waals surface area contributed by atoms with Crippen molar-refractivity contribution >= 4 is 5.96 Å². The molecule has 1 aliphatic rings. The minimum atomic E-state index is -4.16. The van der Waals surface area contributed by atoms with E-state index in [-0.39, 0.29) is 6.54 Å². The van der Waals surface area contributed by atoms with E-state index in [0.717, 1.165) is 25.2 Å². The highest BCUT2D eigenvalue weighted by molar-refractivity contribution is 5.79. The Morgan fingerprint density at radius 1 is 1.07 bits per heavy atom. The standard InChI is InChI=1S/C20H31F3N4/c1-2-24-19(25-11-10-20(21,22)23)26-15-17-8-7-9-18(14-17)16-27-12-5-3-4-6-13-27/h7-9,14H,2-6,10-13,15-16H2,1H3,(H2,24,25,26). The van der Waals surface area contributed by atoms with Crippen LogP contribution >= 0.6 is 0 Å². The number of nitrogens with zero attached hydrogens (tertiary/aromatic N) is 2. The molecule has 0 atom stereocenters. The van der Waals surface area contributed by atoms with E-state index in [4.69, 9.17) is 0 Å². The summed E-state index contributed by atoms with van der Waals surface area (Å²) in [5.74, 6) is 0.416. The van der Waals surface area contributed by atoms with Crippen LogP contribution in [0.2, 0.25) is 0 Å². The Hall–Kier alpha value is -1.76. The fraction of sp³-hybridized carbons (Fsp3) is 0.650. The second-order valence-electron chi connectivity index (χ2n) is 7.00. The van der Waals surface area contributed by atoms with Gasteiger partial charge in [0.15, 0.2) is 5.96 Å². The van der Waals surface area contributed by atoms with Crippen LogP contribution < -0.4 is 10.6 Å². The molecule has 0 aliphatic carbocycles. The van der Waals surface area contributed by atoms with Gasteiger partial charge >= 0.3 is 6.18 Å². The van der Waals surface area contributed by atoms with Crippen LogP contribution in [0, 0.1) is 0 Å². The maximum absolute atomic E-state index is 12.3. The molecular formula is C20H31F3N4. The van der Waals surface area contributed by atoms with E-state index in [1.807, 2.05) is 19.1 Å². The first-order valence-electron chi connectivity index (χ1n) is 9.85. The highest BCUT2D eigenvalue weighted by Crippen LogP contribution is 2.18. The predicted molar refractivity (Wildman–Crippen MR) is 104 cm³/mol. The largest absolute Gasteiger partial charge is 0.390 e. The molecule has 2 rings (SSSR count). The van der Waals surface area contributed by atoms with Gasteiger partial charge in [0.05, 0.1) is 13.0 Å². The average molecular weight is 384 g/mol. The van der Waals surface area contributed by atoms with Crippen molar-refractivity contribution < 1.29 is 13.2 Å². The summed E-state index contributed by atoms with van der Waals surface area (Å²) in [5, 5.41) is 5.74. The summed E-state index contributed by atoms with van der Waals surface area (Å²) in [6.07, 6.45) is 0.133. The number of alkyl halides is 3. The average Bonchev–Trinajstić information content (AvgIpc) is 2.88. The lowest BCUT2D eigenvalue weighted by atomic mass is 10.1. The number of guanidine groups is 1. The van der Waals surface area contributed by atoms with Crippen molar-refractivity contribution in [2.75, 3.05) is 26.2 Å². The van der Waals surface area contributed by atoms with Crippen molar-refractivity contribution in [3.05, 3.63) is 35.4 Å². The molecule has 0 amide bonds. The van der Waals surface area contributed by atoms with Gasteiger partial charge in [0.25, 0.3) is 0 Å². The summed E-state index contributed by atoms with van der Waals surface area (Å²) in [6, 6.07) is 8.31. The molecular weight excluding hydrogens is 353 g/mol. The van der Waals surface area contributed by atoms with Crippen LogP contribution in [-0.2, 0) is 13.1 Å². The van der Waals surface area contributed by atoms with E-state index >= 15 is 0 Å². The Morgan fingerprint density at radius 2 is 1.78 bits per heavy atom. The lowest BCUT2D eigenvalue weighted by Crippen LogP contribution is -2.38. The second-order valence-corrected chi connectivity index (χ2v) is 7.00. The van der Waals surface area contributed by atoms with Crippen LogP contribution in [0.4, 0.5) is 13.2 Å². The summed E-state index contributed by atoms with van der Waals surface area (Å²) in [7, 11) is 0. The summed E-state index contributed by atoms with van der Waals surface area (Å²) >= 11 is 0. The van der Waals surface area contributed by atoms with Gasteiger partial charge in [0.1, 0.15) is 0 Å². The van der Waals surface area contributed by atoms with Gasteiger partial charge in [-0.2, -0.15) is 13.2 Å². The van der Waals surface area contributed by atoms with E-state index in [0.29, 0.717) is 19.0 Å². The third-order valence-electron chi connectivity index (χ3n) is 4.56. The van der Waals surface area contributed by atoms with Gasteiger partial charge in [0.2, 0.25) is 0 Å². The van der Waals surface area contributed by atoms with Gasteiger partial charge < -0.3 is 10.6 Å². The fourth-order valence-electron chi connectivity index (χ4n) is 3.21. The maximum Gasteiger partial charge on any atom is 0.390 e. The smallest absolute Gasteiger partial charge is 0.357 e. The van der Waals surface area contributed by atoms with Crippen LogP contribution in [0.3, 0.4) is 0 Å². The Kier molecular flexibility index (Phi) is 8.91. The Labute approximate surface area is 160 Å². The SMILES string of the molecule is CCNC(=NCc1cccc(CN2CCCCCC2)c1)NCCC(F)(F)F. The minimum absolute atomic E-state index is 0.176. The van der Waals surface area contributed by atoms with Crippen molar-refractivity contribution in [3.63, 3.8) is 0 Å². The monoisotopic (exact) mass is 384 g/mol. The zero-order valence-electron chi connectivity index (χ0n) is 16.1. The predicted octanol–water partition coefficient (Wildman–Crippen LogP) is 4.07. The van der Waals surface area contributed by atoms with Crippen LogP contribution in [0.15, 0.2) is 29.3 Å². The highest BCUT2D eigenvalue weighted by atomic mass is 19.4. The van der Waals surface area contributed by atoms with Crippen molar-refractivity contribution in [2.45, 2.75) is 58.3 Å². The molecule has 27 heavy (non-hydrogen) atoms. The van der Waals surface area contributed by atoms with E-state index in [1.54, 1.807) is 0 Å². The quantitative estimate of drug-likeness (QED) is 0.550. The molecule has 0 unspecified atom stereocenters. The molecule has 1 aromatic rings. The molecule has 0 aromatic heterocycles. The molecule has 0 spiro atoms. The van der Waals surface area contributed by atoms with Gasteiger partial charge in [-0.15, -0.1) is 0 Å². The Bertz CT molecular complexity index is 579. The zero-order chi connectivity index (χ0) is 19.5. The molecule has 0 radical (unpaired) electrons. The number of halogens is 3. The van der Waals surface area contributed by atoms with Crippen molar-refractivity contribution in [2.24, 2.45) is 4.99 Å². The fourth-order valence-corrected chi connectivity index (χ4v) is 3.21. The van der Waals surface area contributed by atoms with Crippen LogP contribution in [0.1, 0.15) is 50.2 Å². The van der Waals surface area contributed by atoms with Crippen molar-refractivity contribution in [3.8, 4) is 0 Å². The molecule has 4 nitrogen and oxygen atoms in total. The van der Waals surface area contributed by atoms with E-state index in [2.05, 4.69) is 32.7 Å². The molecule has 1 aromatic carbocycles. The number of likely N-dealkylation sites (tertiary alicyclic amines) is 1. The number of hydrogen-bond donors (Lipinski definition) is 2.